The van der Waals surface area contributed by atoms with Gasteiger partial charge in [0, 0.05) is 19.7 Å². The molecule has 0 spiro atoms. The van der Waals surface area contributed by atoms with E-state index in [9.17, 15) is 0 Å². The van der Waals surface area contributed by atoms with Crippen molar-refractivity contribution in [3.05, 3.63) is 0 Å². The first-order chi connectivity index (χ1) is 10.3. The Kier molecular flexibility index (Phi) is 8.96. The van der Waals surface area contributed by atoms with Gasteiger partial charge in [0.05, 0.1) is 6.10 Å². The number of hydrogen-bond acceptors (Lipinski definition) is 3. The summed E-state index contributed by atoms with van der Waals surface area (Å²) in [5.41, 5.74) is 0.503. The maximum atomic E-state index is 6.03. The van der Waals surface area contributed by atoms with Gasteiger partial charge in [0.15, 0.2) is 0 Å². The smallest absolute Gasteiger partial charge is 0.0603 e. The summed E-state index contributed by atoms with van der Waals surface area (Å²) in [4.78, 5) is 2.24. The molecular weight excluding hydrogens is 272 g/mol. The van der Waals surface area contributed by atoms with E-state index >= 15 is 0 Å². The summed E-state index contributed by atoms with van der Waals surface area (Å²) in [5, 5.41) is 3.64. The van der Waals surface area contributed by atoms with Gasteiger partial charge in [-0.05, 0) is 63.6 Å². The summed E-state index contributed by atoms with van der Waals surface area (Å²) in [5.74, 6) is 1.44. The zero-order valence-corrected chi connectivity index (χ0v) is 16.0. The average molecular weight is 313 g/mol. The summed E-state index contributed by atoms with van der Waals surface area (Å²) in [6.07, 6.45) is 6.99. The van der Waals surface area contributed by atoms with Crippen molar-refractivity contribution < 1.29 is 4.74 Å². The monoisotopic (exact) mass is 312 g/mol. The topological polar surface area (TPSA) is 24.5 Å². The number of ether oxygens (including phenoxy) is 1. The van der Waals surface area contributed by atoms with Gasteiger partial charge in [-0.3, -0.25) is 0 Å². The highest BCUT2D eigenvalue weighted by Gasteiger charge is 2.37. The molecule has 1 aliphatic rings. The fourth-order valence-electron chi connectivity index (χ4n) is 3.40. The highest BCUT2D eigenvalue weighted by Crippen LogP contribution is 2.43. The van der Waals surface area contributed by atoms with Crippen LogP contribution < -0.4 is 5.32 Å². The first-order valence-electron chi connectivity index (χ1n) is 9.32. The third-order valence-electron chi connectivity index (χ3n) is 5.16. The van der Waals surface area contributed by atoms with Gasteiger partial charge in [-0.1, -0.05) is 34.1 Å². The second-order valence-electron chi connectivity index (χ2n) is 8.34. The lowest BCUT2D eigenvalue weighted by atomic mass is 9.69. The molecule has 0 aromatic rings. The highest BCUT2D eigenvalue weighted by molar-refractivity contribution is 4.88. The summed E-state index contributed by atoms with van der Waals surface area (Å²) >= 11 is 0. The number of hydrogen-bond donors (Lipinski definition) is 1. The van der Waals surface area contributed by atoms with Crippen LogP contribution in [0.1, 0.15) is 59.8 Å². The van der Waals surface area contributed by atoms with Gasteiger partial charge in [-0.2, -0.15) is 0 Å². The minimum Gasteiger partial charge on any atom is -0.378 e. The maximum Gasteiger partial charge on any atom is 0.0603 e. The Labute approximate surface area is 139 Å². The minimum atomic E-state index is 0.461. The van der Waals surface area contributed by atoms with Crippen molar-refractivity contribution >= 4 is 0 Å². The molecule has 1 rings (SSSR count). The van der Waals surface area contributed by atoms with E-state index in [1.54, 1.807) is 0 Å². The molecule has 1 saturated heterocycles. The van der Waals surface area contributed by atoms with Crippen LogP contribution in [0.15, 0.2) is 0 Å². The van der Waals surface area contributed by atoms with Crippen LogP contribution in [0, 0.1) is 17.3 Å². The van der Waals surface area contributed by atoms with E-state index in [0.717, 1.165) is 32.2 Å². The third-order valence-corrected chi connectivity index (χ3v) is 5.16. The summed E-state index contributed by atoms with van der Waals surface area (Å²) in [6.45, 7) is 13.6. The Morgan fingerprint density at radius 2 is 1.86 bits per heavy atom. The molecule has 0 aromatic carbocycles. The molecule has 0 radical (unpaired) electrons. The van der Waals surface area contributed by atoms with Gasteiger partial charge in [-0.25, -0.2) is 0 Å². The third kappa shape index (κ3) is 7.43. The maximum absolute atomic E-state index is 6.03. The van der Waals surface area contributed by atoms with Crippen molar-refractivity contribution in [3.63, 3.8) is 0 Å². The van der Waals surface area contributed by atoms with Crippen molar-refractivity contribution in [3.8, 4) is 0 Å². The molecule has 3 heteroatoms. The lowest BCUT2D eigenvalue weighted by molar-refractivity contribution is -0.0761. The quantitative estimate of drug-likeness (QED) is 0.621. The van der Waals surface area contributed by atoms with Crippen molar-refractivity contribution in [2.45, 2.75) is 65.9 Å². The Bertz CT molecular complexity index is 291. The second kappa shape index (κ2) is 9.89. The van der Waals surface area contributed by atoms with Crippen LogP contribution in [0.25, 0.3) is 0 Å². The van der Waals surface area contributed by atoms with Crippen LogP contribution in [0.3, 0.4) is 0 Å². The molecule has 1 heterocycles. The number of rotatable bonds is 10. The van der Waals surface area contributed by atoms with Crippen LogP contribution in [-0.4, -0.2) is 51.3 Å². The standard InChI is InChI=1S/C19H40N2O/c1-16(2)7-8-19(9-11-20-12-13-21(5)6)10-14-22-18(15-19)17(3)4/h16-18,20H,7-15H2,1-6H3. The van der Waals surface area contributed by atoms with E-state index in [1.165, 1.54) is 32.1 Å². The molecule has 3 nitrogen and oxygen atoms in total. The lowest BCUT2D eigenvalue weighted by Gasteiger charge is -2.43. The molecule has 0 aliphatic carbocycles. The van der Waals surface area contributed by atoms with Crippen molar-refractivity contribution in [1.82, 2.24) is 10.2 Å². The molecular formula is C19H40N2O. The van der Waals surface area contributed by atoms with E-state index in [4.69, 9.17) is 4.74 Å². The predicted molar refractivity (Wildman–Crippen MR) is 96.4 cm³/mol. The zero-order valence-electron chi connectivity index (χ0n) is 16.0. The van der Waals surface area contributed by atoms with Gasteiger partial charge in [0.2, 0.25) is 0 Å². The van der Waals surface area contributed by atoms with Gasteiger partial charge in [-0.15, -0.1) is 0 Å². The molecule has 1 aliphatic heterocycles. The molecule has 132 valence electrons. The number of nitrogens with zero attached hydrogens (tertiary/aromatic N) is 1. The van der Waals surface area contributed by atoms with E-state index in [1.807, 2.05) is 0 Å². The molecule has 0 saturated carbocycles. The molecule has 0 aromatic heterocycles. The molecule has 1 fully saturated rings. The fourth-order valence-corrected chi connectivity index (χ4v) is 3.40. The Balaban J connectivity index is 2.50. The van der Waals surface area contributed by atoms with Crippen LogP contribution in [0.2, 0.25) is 0 Å². The van der Waals surface area contributed by atoms with Crippen molar-refractivity contribution in [2.75, 3.05) is 40.3 Å². The molecule has 0 amide bonds. The molecule has 2 atom stereocenters. The number of likely N-dealkylation sites (N-methyl/N-ethyl adjacent to an activating group) is 1. The van der Waals surface area contributed by atoms with Crippen molar-refractivity contribution in [1.29, 1.82) is 0 Å². The van der Waals surface area contributed by atoms with Gasteiger partial charge >= 0.3 is 0 Å². The minimum absolute atomic E-state index is 0.461. The molecule has 2 unspecified atom stereocenters. The average Bonchev–Trinajstić information content (AvgIpc) is 2.45. The summed E-state index contributed by atoms with van der Waals surface area (Å²) in [6, 6.07) is 0. The predicted octanol–water partition coefficient (Wildman–Crippen LogP) is 3.79. The van der Waals surface area contributed by atoms with Gasteiger partial charge in [0.1, 0.15) is 0 Å². The fraction of sp³-hybridized carbons (Fsp3) is 1.00. The Hall–Kier alpha value is -0.120. The highest BCUT2D eigenvalue weighted by atomic mass is 16.5. The summed E-state index contributed by atoms with van der Waals surface area (Å²) in [7, 11) is 4.27. The Morgan fingerprint density at radius 1 is 1.14 bits per heavy atom. The lowest BCUT2D eigenvalue weighted by Crippen LogP contribution is -2.40. The molecule has 1 N–H and O–H groups in total. The van der Waals surface area contributed by atoms with E-state index in [2.05, 4.69) is 52.0 Å². The first-order valence-corrected chi connectivity index (χ1v) is 9.32. The van der Waals surface area contributed by atoms with Crippen LogP contribution in [0.4, 0.5) is 0 Å². The second-order valence-corrected chi connectivity index (χ2v) is 8.34. The molecule has 0 bridgehead atoms. The summed E-state index contributed by atoms with van der Waals surface area (Å²) < 4.78 is 6.03. The Morgan fingerprint density at radius 3 is 2.45 bits per heavy atom. The largest absolute Gasteiger partial charge is 0.378 e. The van der Waals surface area contributed by atoms with Crippen molar-refractivity contribution in [2.24, 2.45) is 17.3 Å². The van der Waals surface area contributed by atoms with Gasteiger partial charge < -0.3 is 15.0 Å². The van der Waals surface area contributed by atoms with E-state index in [-0.39, 0.29) is 0 Å². The number of nitrogens with one attached hydrogen (secondary N) is 1. The SMILES string of the molecule is CC(C)CCC1(CCNCCN(C)C)CCOC(C(C)C)C1. The first kappa shape index (κ1) is 19.9. The normalized spacial score (nSPS) is 26.3. The zero-order chi connectivity index (χ0) is 16.6. The van der Waals surface area contributed by atoms with Gasteiger partial charge in [0.25, 0.3) is 0 Å². The van der Waals surface area contributed by atoms with E-state index < -0.39 is 0 Å². The van der Waals surface area contributed by atoms with Crippen LogP contribution in [0.5, 0.6) is 0 Å². The van der Waals surface area contributed by atoms with Crippen LogP contribution >= 0.6 is 0 Å². The molecule has 22 heavy (non-hydrogen) atoms. The van der Waals surface area contributed by atoms with Crippen LogP contribution in [-0.2, 0) is 4.74 Å². The van der Waals surface area contributed by atoms with E-state index in [0.29, 0.717) is 17.4 Å².